The maximum Gasteiger partial charge on any atom is 0.328 e. The van der Waals surface area contributed by atoms with Crippen LogP contribution in [0.2, 0.25) is 0 Å². The zero-order valence-electron chi connectivity index (χ0n) is 9.98. The van der Waals surface area contributed by atoms with Crippen LogP contribution in [0.25, 0.3) is 0 Å². The number of hydrogen-bond donors (Lipinski definition) is 1. The molecule has 1 aromatic heterocycles. The summed E-state index contributed by atoms with van der Waals surface area (Å²) in [5.41, 5.74) is 0. The Kier molecular flexibility index (Phi) is 5.09. The second kappa shape index (κ2) is 6.34. The molecule has 1 atom stereocenters. The SMILES string of the molecule is COC(=O)C(C)NC(=O)c1ccc(CSC)o1. The monoisotopic (exact) mass is 257 g/mol. The molecule has 17 heavy (non-hydrogen) atoms. The molecule has 0 fully saturated rings. The Morgan fingerprint density at radius 1 is 1.53 bits per heavy atom. The number of methoxy groups -OCH3 is 1. The first kappa shape index (κ1) is 13.6. The van der Waals surface area contributed by atoms with Crippen molar-refractivity contribution in [1.82, 2.24) is 5.32 Å². The second-order valence-electron chi connectivity index (χ2n) is 3.42. The fourth-order valence-corrected chi connectivity index (χ4v) is 1.66. The van der Waals surface area contributed by atoms with E-state index >= 15 is 0 Å². The maximum absolute atomic E-state index is 11.7. The molecule has 0 spiro atoms. The minimum absolute atomic E-state index is 0.199. The molecule has 0 saturated carbocycles. The van der Waals surface area contributed by atoms with Crippen molar-refractivity contribution in [3.63, 3.8) is 0 Å². The van der Waals surface area contributed by atoms with Gasteiger partial charge in [-0.15, -0.1) is 0 Å². The number of rotatable bonds is 5. The minimum Gasteiger partial charge on any atom is -0.467 e. The lowest BCUT2D eigenvalue weighted by Gasteiger charge is -2.09. The van der Waals surface area contributed by atoms with Crippen LogP contribution < -0.4 is 5.32 Å². The van der Waals surface area contributed by atoms with Gasteiger partial charge in [-0.05, 0) is 25.3 Å². The zero-order valence-corrected chi connectivity index (χ0v) is 10.8. The molecule has 0 saturated heterocycles. The van der Waals surface area contributed by atoms with E-state index in [0.29, 0.717) is 5.75 Å². The number of furan rings is 1. The van der Waals surface area contributed by atoms with Crippen molar-refractivity contribution in [1.29, 1.82) is 0 Å². The van der Waals surface area contributed by atoms with Crippen molar-refractivity contribution in [2.24, 2.45) is 0 Å². The summed E-state index contributed by atoms with van der Waals surface area (Å²) in [5, 5.41) is 2.49. The molecule has 1 amide bonds. The van der Waals surface area contributed by atoms with Gasteiger partial charge in [-0.1, -0.05) is 0 Å². The molecule has 6 heteroatoms. The van der Waals surface area contributed by atoms with Gasteiger partial charge in [-0.2, -0.15) is 11.8 Å². The smallest absolute Gasteiger partial charge is 0.328 e. The lowest BCUT2D eigenvalue weighted by Crippen LogP contribution is -2.38. The lowest BCUT2D eigenvalue weighted by molar-refractivity contribution is -0.142. The Balaban J connectivity index is 2.60. The van der Waals surface area contributed by atoms with Crippen molar-refractivity contribution < 1.29 is 18.7 Å². The Morgan fingerprint density at radius 2 is 2.24 bits per heavy atom. The topological polar surface area (TPSA) is 68.5 Å². The summed E-state index contributed by atoms with van der Waals surface area (Å²) in [6.45, 7) is 1.55. The van der Waals surface area contributed by atoms with Crippen molar-refractivity contribution in [2.45, 2.75) is 18.7 Å². The van der Waals surface area contributed by atoms with Gasteiger partial charge in [0.25, 0.3) is 5.91 Å². The van der Waals surface area contributed by atoms with Crippen LogP contribution in [0.4, 0.5) is 0 Å². The van der Waals surface area contributed by atoms with Crippen LogP contribution in [0.15, 0.2) is 16.5 Å². The third-order valence-corrected chi connectivity index (χ3v) is 2.65. The summed E-state index contributed by atoms with van der Waals surface area (Å²) in [6, 6.07) is 2.64. The van der Waals surface area contributed by atoms with Crippen molar-refractivity contribution in [3.8, 4) is 0 Å². The number of carbonyl (C=O) groups is 2. The molecule has 1 unspecified atom stereocenters. The van der Waals surface area contributed by atoms with Crippen molar-refractivity contribution in [3.05, 3.63) is 23.7 Å². The molecular weight excluding hydrogens is 242 g/mol. The Hall–Kier alpha value is -1.43. The van der Waals surface area contributed by atoms with E-state index in [1.54, 1.807) is 30.8 Å². The van der Waals surface area contributed by atoms with Crippen LogP contribution >= 0.6 is 11.8 Å². The fraction of sp³-hybridized carbons (Fsp3) is 0.455. The van der Waals surface area contributed by atoms with Crippen LogP contribution in [-0.4, -0.2) is 31.3 Å². The molecule has 0 aromatic carbocycles. The van der Waals surface area contributed by atoms with Gasteiger partial charge in [0.2, 0.25) is 0 Å². The van der Waals surface area contributed by atoms with Gasteiger partial charge in [0.15, 0.2) is 5.76 Å². The molecular formula is C11H15NO4S. The standard InChI is InChI=1S/C11H15NO4S/c1-7(11(14)15-2)12-10(13)9-5-4-8(16-9)6-17-3/h4-5,7H,6H2,1-3H3,(H,12,13). The highest BCUT2D eigenvalue weighted by molar-refractivity contribution is 7.97. The van der Waals surface area contributed by atoms with Crippen LogP contribution in [0.3, 0.4) is 0 Å². The highest BCUT2D eigenvalue weighted by atomic mass is 32.2. The van der Waals surface area contributed by atoms with E-state index < -0.39 is 17.9 Å². The number of esters is 1. The predicted octanol–water partition coefficient (Wildman–Crippen LogP) is 1.43. The summed E-state index contributed by atoms with van der Waals surface area (Å²) < 4.78 is 9.82. The van der Waals surface area contributed by atoms with Crippen molar-refractivity contribution >= 4 is 23.6 Å². The molecule has 94 valence electrons. The second-order valence-corrected chi connectivity index (χ2v) is 4.28. The van der Waals surface area contributed by atoms with Crippen LogP contribution in [0.1, 0.15) is 23.2 Å². The Labute approximate surface area is 104 Å². The van der Waals surface area contributed by atoms with E-state index in [4.69, 9.17) is 4.42 Å². The fourth-order valence-electron chi connectivity index (χ4n) is 1.22. The van der Waals surface area contributed by atoms with E-state index in [1.807, 2.05) is 6.26 Å². The van der Waals surface area contributed by atoms with Gasteiger partial charge in [-0.25, -0.2) is 4.79 Å². The third kappa shape index (κ3) is 3.81. The van der Waals surface area contributed by atoms with Gasteiger partial charge in [-0.3, -0.25) is 4.79 Å². The van der Waals surface area contributed by atoms with Gasteiger partial charge in [0, 0.05) is 0 Å². The lowest BCUT2D eigenvalue weighted by atomic mass is 10.3. The van der Waals surface area contributed by atoms with E-state index in [1.165, 1.54) is 7.11 Å². The summed E-state index contributed by atoms with van der Waals surface area (Å²) in [5.74, 6) is 0.725. The molecule has 0 aliphatic heterocycles. The molecule has 0 aliphatic carbocycles. The summed E-state index contributed by atoms with van der Waals surface area (Å²) in [6.07, 6.45) is 1.95. The first-order valence-corrected chi connectivity index (χ1v) is 6.44. The van der Waals surface area contributed by atoms with Gasteiger partial charge in [0.05, 0.1) is 12.9 Å². The molecule has 0 radical (unpaired) electrons. The quantitative estimate of drug-likeness (QED) is 0.808. The van der Waals surface area contributed by atoms with E-state index in [0.717, 1.165) is 5.76 Å². The summed E-state index contributed by atoms with van der Waals surface area (Å²) >= 11 is 1.60. The third-order valence-electron chi connectivity index (χ3n) is 2.07. The predicted molar refractivity (Wildman–Crippen MR) is 64.9 cm³/mol. The maximum atomic E-state index is 11.7. The summed E-state index contributed by atoms with van der Waals surface area (Å²) in [7, 11) is 1.27. The largest absolute Gasteiger partial charge is 0.467 e. The normalized spacial score (nSPS) is 11.9. The molecule has 0 aliphatic rings. The van der Waals surface area contributed by atoms with Crippen LogP contribution in [0, 0.1) is 0 Å². The Morgan fingerprint density at radius 3 is 2.82 bits per heavy atom. The first-order chi connectivity index (χ1) is 8.08. The van der Waals surface area contributed by atoms with E-state index in [-0.39, 0.29) is 5.76 Å². The van der Waals surface area contributed by atoms with Gasteiger partial charge < -0.3 is 14.5 Å². The molecule has 0 bridgehead atoms. The molecule has 1 rings (SSSR count). The number of nitrogens with one attached hydrogen (secondary N) is 1. The minimum atomic E-state index is -0.693. The number of amides is 1. The number of carbonyl (C=O) groups excluding carboxylic acids is 2. The van der Waals surface area contributed by atoms with Crippen LogP contribution in [-0.2, 0) is 15.3 Å². The summed E-state index contributed by atoms with van der Waals surface area (Å²) in [4.78, 5) is 22.8. The average Bonchev–Trinajstić information content (AvgIpc) is 2.77. The Bertz CT molecular complexity index is 402. The van der Waals surface area contributed by atoms with E-state index in [9.17, 15) is 9.59 Å². The number of hydrogen-bond acceptors (Lipinski definition) is 5. The van der Waals surface area contributed by atoms with Gasteiger partial charge >= 0.3 is 5.97 Å². The van der Waals surface area contributed by atoms with Crippen LogP contribution in [0.5, 0.6) is 0 Å². The molecule has 1 aromatic rings. The van der Waals surface area contributed by atoms with Crippen molar-refractivity contribution in [2.75, 3.05) is 13.4 Å². The average molecular weight is 257 g/mol. The highest BCUT2D eigenvalue weighted by Gasteiger charge is 2.18. The highest BCUT2D eigenvalue weighted by Crippen LogP contribution is 2.13. The molecule has 1 heterocycles. The van der Waals surface area contributed by atoms with Gasteiger partial charge in [0.1, 0.15) is 11.8 Å². The molecule has 1 N–H and O–H groups in total. The first-order valence-electron chi connectivity index (χ1n) is 5.04. The zero-order chi connectivity index (χ0) is 12.8. The number of thioether (sulfide) groups is 1. The van der Waals surface area contributed by atoms with E-state index in [2.05, 4.69) is 10.1 Å². The molecule has 5 nitrogen and oxygen atoms in total. The number of ether oxygens (including phenoxy) is 1.